The molecule has 1 aromatic carbocycles. The van der Waals surface area contributed by atoms with Gasteiger partial charge in [0, 0.05) is 23.5 Å². The highest BCUT2D eigenvalue weighted by Crippen LogP contribution is 2.37. The number of fused-ring (bicyclic) bond motifs is 3. The Morgan fingerprint density at radius 1 is 1.07 bits per heavy atom. The van der Waals surface area contributed by atoms with E-state index in [1.807, 2.05) is 11.3 Å². The molecular formula is C21H29N3O2S2. The van der Waals surface area contributed by atoms with Crippen molar-refractivity contribution in [3.63, 3.8) is 0 Å². The van der Waals surface area contributed by atoms with Gasteiger partial charge in [-0.1, -0.05) is 24.3 Å². The summed E-state index contributed by atoms with van der Waals surface area (Å²) >= 11 is 1.81. The quantitative estimate of drug-likeness (QED) is 0.740. The molecule has 152 valence electrons. The summed E-state index contributed by atoms with van der Waals surface area (Å²) in [6.07, 6.45) is 9.16. The van der Waals surface area contributed by atoms with Gasteiger partial charge in [-0.15, -0.1) is 11.3 Å². The van der Waals surface area contributed by atoms with Gasteiger partial charge in [-0.2, -0.15) is 0 Å². The van der Waals surface area contributed by atoms with Crippen LogP contribution in [0.1, 0.15) is 42.5 Å². The predicted molar refractivity (Wildman–Crippen MR) is 116 cm³/mol. The average Bonchev–Trinajstić information content (AvgIpc) is 3.00. The summed E-state index contributed by atoms with van der Waals surface area (Å²) in [5, 5.41) is 4.63. The van der Waals surface area contributed by atoms with Gasteiger partial charge < -0.3 is 5.32 Å². The number of nitrogens with one attached hydrogen (secondary N) is 2. The fraction of sp³-hybridized carbons (Fsp3) is 0.571. The van der Waals surface area contributed by atoms with Gasteiger partial charge in [-0.25, -0.2) is 18.1 Å². The first-order chi connectivity index (χ1) is 13.5. The lowest BCUT2D eigenvalue weighted by molar-refractivity contribution is 0.284. The van der Waals surface area contributed by atoms with E-state index >= 15 is 0 Å². The monoisotopic (exact) mass is 419 g/mol. The molecule has 2 aromatic rings. The summed E-state index contributed by atoms with van der Waals surface area (Å²) in [5.41, 5.74) is 3.90. The summed E-state index contributed by atoms with van der Waals surface area (Å²) in [4.78, 5) is 6.34. The van der Waals surface area contributed by atoms with E-state index in [0.29, 0.717) is 18.4 Å². The van der Waals surface area contributed by atoms with E-state index in [4.69, 9.17) is 4.98 Å². The molecule has 2 N–H and O–H groups in total. The van der Waals surface area contributed by atoms with Crippen molar-refractivity contribution in [1.29, 1.82) is 0 Å². The van der Waals surface area contributed by atoms with Gasteiger partial charge in [-0.3, -0.25) is 0 Å². The van der Waals surface area contributed by atoms with Crippen molar-refractivity contribution >= 4 is 26.5 Å². The number of nitrogens with zero attached hydrogens (tertiary/aromatic N) is 1. The first kappa shape index (κ1) is 19.9. The highest BCUT2D eigenvalue weighted by Gasteiger charge is 2.23. The van der Waals surface area contributed by atoms with Gasteiger partial charge in [0.1, 0.15) is 0 Å². The molecule has 0 spiro atoms. The lowest BCUT2D eigenvalue weighted by atomic mass is 9.82. The van der Waals surface area contributed by atoms with E-state index in [0.717, 1.165) is 50.2 Å². The Hall–Kier alpha value is -1.44. The highest BCUT2D eigenvalue weighted by molar-refractivity contribution is 7.88. The second-order valence-corrected chi connectivity index (χ2v) is 11.1. The molecule has 28 heavy (non-hydrogen) atoms. The van der Waals surface area contributed by atoms with Gasteiger partial charge in [0.2, 0.25) is 10.0 Å². The Morgan fingerprint density at radius 3 is 2.54 bits per heavy atom. The van der Waals surface area contributed by atoms with Crippen molar-refractivity contribution in [3.05, 3.63) is 34.7 Å². The number of rotatable bonds is 6. The number of aromatic nitrogens is 1. The van der Waals surface area contributed by atoms with Gasteiger partial charge in [0.05, 0.1) is 11.9 Å². The van der Waals surface area contributed by atoms with Crippen LogP contribution in [0.2, 0.25) is 0 Å². The lowest BCUT2D eigenvalue weighted by Crippen LogP contribution is -2.31. The maximum Gasteiger partial charge on any atom is 0.208 e. The second kappa shape index (κ2) is 8.51. The smallest absolute Gasteiger partial charge is 0.208 e. The molecule has 0 radical (unpaired) electrons. The fourth-order valence-corrected chi connectivity index (χ4v) is 5.92. The van der Waals surface area contributed by atoms with E-state index in [1.54, 1.807) is 0 Å². The van der Waals surface area contributed by atoms with Crippen LogP contribution in [0.3, 0.4) is 0 Å². The Kier molecular flexibility index (Phi) is 6.04. The van der Waals surface area contributed by atoms with Crippen molar-refractivity contribution in [2.24, 2.45) is 11.8 Å². The number of anilines is 1. The Morgan fingerprint density at radius 2 is 1.79 bits per heavy atom. The van der Waals surface area contributed by atoms with Crippen LogP contribution < -0.4 is 10.0 Å². The molecule has 0 aliphatic heterocycles. The lowest BCUT2D eigenvalue weighted by Gasteiger charge is -2.28. The van der Waals surface area contributed by atoms with Crippen LogP contribution in [0.4, 0.5) is 5.13 Å². The third-order valence-electron chi connectivity index (χ3n) is 5.96. The van der Waals surface area contributed by atoms with Gasteiger partial charge in [-0.05, 0) is 62.3 Å². The minimum atomic E-state index is -3.08. The summed E-state index contributed by atoms with van der Waals surface area (Å²) in [7, 11) is -3.08. The van der Waals surface area contributed by atoms with Crippen molar-refractivity contribution in [2.75, 3.05) is 24.7 Å². The normalized spacial score (nSPS) is 22.2. The Bertz CT molecular complexity index is 915. The van der Waals surface area contributed by atoms with Gasteiger partial charge >= 0.3 is 0 Å². The first-order valence-electron chi connectivity index (χ1n) is 10.2. The third kappa shape index (κ3) is 4.93. The number of hydrogen-bond donors (Lipinski definition) is 2. The maximum absolute atomic E-state index is 11.3. The Balaban J connectivity index is 1.32. The SMILES string of the molecule is CS(=O)(=O)NCC1CCC(CNc2nc3c(s2)CCCc2ccccc2-3)CC1. The van der Waals surface area contributed by atoms with E-state index in [9.17, 15) is 8.42 Å². The van der Waals surface area contributed by atoms with Crippen LogP contribution in [-0.2, 0) is 22.9 Å². The van der Waals surface area contributed by atoms with Crippen molar-refractivity contribution in [2.45, 2.75) is 44.9 Å². The van der Waals surface area contributed by atoms with E-state index in [-0.39, 0.29) is 0 Å². The molecule has 7 heteroatoms. The largest absolute Gasteiger partial charge is 0.361 e. The van der Waals surface area contributed by atoms with Crippen molar-refractivity contribution in [3.8, 4) is 11.3 Å². The Labute approximate surface area is 172 Å². The number of benzene rings is 1. The molecule has 0 amide bonds. The molecule has 1 fully saturated rings. The van der Waals surface area contributed by atoms with Crippen LogP contribution in [0.5, 0.6) is 0 Å². The molecule has 0 saturated heterocycles. The van der Waals surface area contributed by atoms with E-state index in [2.05, 4.69) is 34.3 Å². The van der Waals surface area contributed by atoms with Crippen molar-refractivity contribution < 1.29 is 8.42 Å². The molecule has 2 aliphatic carbocycles. The molecular weight excluding hydrogens is 390 g/mol. The molecule has 4 rings (SSSR count). The fourth-order valence-electron chi connectivity index (χ4n) is 4.36. The average molecular weight is 420 g/mol. The molecule has 5 nitrogen and oxygen atoms in total. The zero-order chi connectivity index (χ0) is 19.6. The molecule has 1 heterocycles. The minimum absolute atomic E-state index is 0.471. The van der Waals surface area contributed by atoms with Crippen molar-refractivity contribution in [1.82, 2.24) is 9.71 Å². The van der Waals surface area contributed by atoms with Gasteiger partial charge in [0.15, 0.2) is 5.13 Å². The summed E-state index contributed by atoms with van der Waals surface area (Å²) in [6.45, 7) is 1.54. The molecule has 1 aromatic heterocycles. The van der Waals surface area contributed by atoms with Crippen LogP contribution in [0, 0.1) is 11.8 Å². The van der Waals surface area contributed by atoms with Crippen LogP contribution in [0.15, 0.2) is 24.3 Å². The summed E-state index contributed by atoms with van der Waals surface area (Å²) in [5.74, 6) is 1.11. The number of hydrogen-bond acceptors (Lipinski definition) is 5. The predicted octanol–water partition coefficient (Wildman–Crippen LogP) is 4.07. The molecule has 0 unspecified atom stereocenters. The van der Waals surface area contributed by atoms with E-state index < -0.39 is 10.0 Å². The molecule has 2 aliphatic rings. The highest BCUT2D eigenvalue weighted by atomic mass is 32.2. The number of thiazole rings is 1. The summed E-state index contributed by atoms with van der Waals surface area (Å²) < 4.78 is 25.2. The van der Waals surface area contributed by atoms with E-state index in [1.165, 1.54) is 34.4 Å². The zero-order valence-corrected chi connectivity index (χ0v) is 18.0. The maximum atomic E-state index is 11.3. The third-order valence-corrected chi connectivity index (χ3v) is 7.73. The van der Waals surface area contributed by atoms with Gasteiger partial charge in [0.25, 0.3) is 0 Å². The second-order valence-electron chi connectivity index (χ2n) is 8.19. The number of aryl methyl sites for hydroxylation is 2. The first-order valence-corrected chi connectivity index (χ1v) is 13.0. The molecule has 0 atom stereocenters. The van der Waals surface area contributed by atoms with Crippen LogP contribution in [0.25, 0.3) is 11.3 Å². The molecule has 1 saturated carbocycles. The number of sulfonamides is 1. The minimum Gasteiger partial charge on any atom is -0.361 e. The summed E-state index contributed by atoms with van der Waals surface area (Å²) in [6, 6.07) is 8.66. The zero-order valence-electron chi connectivity index (χ0n) is 16.4. The standard InChI is InChI=1S/C21H29N3O2S2/c1-28(25,26)23-14-16-11-9-15(10-12-16)13-22-21-24-20-18-7-3-2-5-17(18)6-4-8-19(20)27-21/h2-3,5,7,15-16,23H,4,6,8-14H2,1H3,(H,22,24). The van der Waals surface area contributed by atoms with Crippen LogP contribution >= 0.6 is 11.3 Å². The topological polar surface area (TPSA) is 71.1 Å². The molecule has 0 bridgehead atoms. The van der Waals surface area contributed by atoms with Crippen LogP contribution in [-0.4, -0.2) is 32.7 Å².